The lowest BCUT2D eigenvalue weighted by molar-refractivity contribution is -0.141. The number of hydrogen-bond acceptors (Lipinski definition) is 12. The van der Waals surface area contributed by atoms with E-state index in [0.29, 0.717) is 11.1 Å². The molecule has 1 aromatic rings. The molecule has 0 saturated carbocycles. The Labute approximate surface area is 202 Å². The SMILES string of the molecule is COc1c(OC2OC2C(OC)C(O)O)c(C)c(C)c(C(=O)SC(C(O)CO)C(C)OC)c1OC. The standard InChI is InChI=1S/C22H34O11S/c1-9-10(2)14(32-22-18(33-22)17(31-7)20(25)26)16(30-6)15(29-5)13(9)21(27)34-19(11(3)28-4)12(24)8-23/h11-12,17-20,22-26H,8H2,1-7H3. The van der Waals surface area contributed by atoms with E-state index in [9.17, 15) is 25.2 Å². The van der Waals surface area contributed by atoms with E-state index < -0.39 is 54.0 Å². The van der Waals surface area contributed by atoms with Crippen LogP contribution in [0.4, 0.5) is 0 Å². The van der Waals surface area contributed by atoms with Gasteiger partial charge in [0.2, 0.25) is 17.2 Å². The van der Waals surface area contributed by atoms with E-state index in [1.54, 1.807) is 20.8 Å². The summed E-state index contributed by atoms with van der Waals surface area (Å²) >= 11 is 0.830. The lowest BCUT2D eigenvalue weighted by atomic mass is 10.0. The number of hydrogen-bond donors (Lipinski definition) is 4. The third kappa shape index (κ3) is 5.94. The number of thioether (sulfide) groups is 1. The number of aliphatic hydroxyl groups is 4. The van der Waals surface area contributed by atoms with Crippen LogP contribution in [-0.4, -0.2) is 103 Å². The maximum atomic E-state index is 13.4. The molecule has 0 spiro atoms. The van der Waals surface area contributed by atoms with E-state index in [-0.39, 0.29) is 22.8 Å². The van der Waals surface area contributed by atoms with Gasteiger partial charge in [-0.1, -0.05) is 11.8 Å². The average molecular weight is 507 g/mol. The molecule has 1 fully saturated rings. The molecule has 4 N–H and O–H groups in total. The molecule has 0 amide bonds. The third-order valence-electron chi connectivity index (χ3n) is 5.78. The van der Waals surface area contributed by atoms with Gasteiger partial charge in [-0.05, 0) is 31.9 Å². The van der Waals surface area contributed by atoms with Gasteiger partial charge in [-0.2, -0.15) is 0 Å². The number of carbonyl (C=O) groups is 1. The monoisotopic (exact) mass is 506 g/mol. The van der Waals surface area contributed by atoms with Gasteiger partial charge in [0.05, 0.1) is 43.8 Å². The van der Waals surface area contributed by atoms with E-state index in [2.05, 4.69) is 0 Å². The molecule has 11 nitrogen and oxygen atoms in total. The number of ether oxygens (including phenoxy) is 6. The number of benzene rings is 1. The van der Waals surface area contributed by atoms with Gasteiger partial charge >= 0.3 is 0 Å². The quantitative estimate of drug-likeness (QED) is 0.216. The van der Waals surface area contributed by atoms with E-state index in [1.807, 2.05) is 0 Å². The van der Waals surface area contributed by atoms with Gasteiger partial charge in [0.1, 0.15) is 6.10 Å². The summed E-state index contributed by atoms with van der Waals surface area (Å²) in [4.78, 5) is 13.4. The molecule has 0 radical (unpaired) electrons. The third-order valence-corrected chi connectivity index (χ3v) is 7.17. The minimum absolute atomic E-state index is 0.128. The van der Waals surface area contributed by atoms with Crippen LogP contribution < -0.4 is 14.2 Å². The number of carbonyl (C=O) groups excluding carboxylic acids is 1. The fraction of sp³-hybridized carbons (Fsp3) is 0.682. The molecule has 194 valence electrons. The molecule has 34 heavy (non-hydrogen) atoms. The first-order valence-corrected chi connectivity index (χ1v) is 11.4. The predicted octanol–water partition coefficient (Wildman–Crippen LogP) is 0.380. The summed E-state index contributed by atoms with van der Waals surface area (Å²) in [7, 11) is 5.56. The summed E-state index contributed by atoms with van der Waals surface area (Å²) in [6, 6.07) is 0. The van der Waals surface area contributed by atoms with Crippen LogP contribution in [0.2, 0.25) is 0 Å². The van der Waals surface area contributed by atoms with Crippen LogP contribution in [0.3, 0.4) is 0 Å². The van der Waals surface area contributed by atoms with Crippen LogP contribution in [0.15, 0.2) is 0 Å². The Kier molecular flexibility index (Phi) is 10.4. The van der Waals surface area contributed by atoms with Crippen molar-refractivity contribution in [2.45, 2.75) is 63.0 Å². The molecular formula is C22H34O11S. The Morgan fingerprint density at radius 2 is 1.62 bits per heavy atom. The second-order valence-corrected chi connectivity index (χ2v) is 8.93. The van der Waals surface area contributed by atoms with Crippen molar-refractivity contribution in [1.29, 1.82) is 0 Å². The average Bonchev–Trinajstić information content (AvgIpc) is 3.57. The van der Waals surface area contributed by atoms with Crippen molar-refractivity contribution < 1.29 is 53.6 Å². The summed E-state index contributed by atoms with van der Waals surface area (Å²) in [6.45, 7) is 4.62. The van der Waals surface area contributed by atoms with Gasteiger partial charge < -0.3 is 48.8 Å². The van der Waals surface area contributed by atoms with Crippen LogP contribution in [-0.2, 0) is 14.2 Å². The minimum Gasteiger partial charge on any atom is -0.492 e. The molecule has 6 atom stereocenters. The lowest BCUT2D eigenvalue weighted by Crippen LogP contribution is -2.37. The highest BCUT2D eigenvalue weighted by molar-refractivity contribution is 8.14. The molecule has 1 saturated heterocycles. The van der Waals surface area contributed by atoms with Crippen LogP contribution in [0.5, 0.6) is 17.2 Å². The summed E-state index contributed by atoms with van der Waals surface area (Å²) < 4.78 is 32.7. The summed E-state index contributed by atoms with van der Waals surface area (Å²) in [5.74, 6) is 0.551. The van der Waals surface area contributed by atoms with Crippen molar-refractivity contribution in [3.63, 3.8) is 0 Å². The zero-order chi connectivity index (χ0) is 25.7. The second-order valence-electron chi connectivity index (χ2n) is 7.78. The van der Waals surface area contributed by atoms with Crippen LogP contribution >= 0.6 is 11.8 Å². The van der Waals surface area contributed by atoms with Crippen molar-refractivity contribution in [2.75, 3.05) is 35.0 Å². The Hall–Kier alpha value is -1.64. The Morgan fingerprint density at radius 3 is 2.09 bits per heavy atom. The van der Waals surface area contributed by atoms with E-state index in [4.69, 9.17) is 28.4 Å². The van der Waals surface area contributed by atoms with Gasteiger partial charge in [-0.25, -0.2) is 0 Å². The highest BCUT2D eigenvalue weighted by Crippen LogP contribution is 2.48. The zero-order valence-corrected chi connectivity index (χ0v) is 21.1. The lowest BCUT2D eigenvalue weighted by Gasteiger charge is -2.26. The summed E-state index contributed by atoms with van der Waals surface area (Å²) in [6.07, 6.45) is -6.00. The van der Waals surface area contributed by atoms with Crippen molar-refractivity contribution >= 4 is 16.9 Å². The van der Waals surface area contributed by atoms with Crippen LogP contribution in [0, 0.1) is 13.8 Å². The van der Waals surface area contributed by atoms with Gasteiger partial charge in [0, 0.05) is 14.2 Å². The second kappa shape index (κ2) is 12.4. The molecule has 1 aliphatic rings. The maximum Gasteiger partial charge on any atom is 0.230 e. The molecule has 1 heterocycles. The normalized spacial score (nSPS) is 21.1. The van der Waals surface area contributed by atoms with Gasteiger partial charge in [-0.3, -0.25) is 4.79 Å². The predicted molar refractivity (Wildman–Crippen MR) is 123 cm³/mol. The molecule has 0 aromatic heterocycles. The number of rotatable bonds is 13. The van der Waals surface area contributed by atoms with Crippen molar-refractivity contribution in [2.24, 2.45) is 0 Å². The fourth-order valence-corrected chi connectivity index (χ4v) is 4.73. The largest absolute Gasteiger partial charge is 0.492 e. The van der Waals surface area contributed by atoms with Crippen molar-refractivity contribution in [3.8, 4) is 17.2 Å². The van der Waals surface area contributed by atoms with Crippen molar-refractivity contribution in [1.82, 2.24) is 0 Å². The van der Waals surface area contributed by atoms with Crippen LogP contribution in [0.25, 0.3) is 0 Å². The molecule has 0 bridgehead atoms. The number of aliphatic hydroxyl groups excluding tert-OH is 3. The first kappa shape index (κ1) is 28.6. The first-order chi connectivity index (χ1) is 16.1. The molecule has 6 unspecified atom stereocenters. The zero-order valence-electron chi connectivity index (χ0n) is 20.3. The Balaban J connectivity index is 2.43. The summed E-state index contributed by atoms with van der Waals surface area (Å²) in [5.41, 5.74) is 1.35. The number of epoxide rings is 1. The van der Waals surface area contributed by atoms with E-state index in [0.717, 1.165) is 11.8 Å². The van der Waals surface area contributed by atoms with E-state index in [1.165, 1.54) is 28.4 Å². The highest BCUT2D eigenvalue weighted by Gasteiger charge is 2.51. The Bertz CT molecular complexity index is 837. The number of methoxy groups -OCH3 is 4. The fourth-order valence-electron chi connectivity index (χ4n) is 3.57. The van der Waals surface area contributed by atoms with Crippen molar-refractivity contribution in [3.05, 3.63) is 16.7 Å². The topological polar surface area (TPSA) is 157 Å². The van der Waals surface area contributed by atoms with Gasteiger partial charge in [0.25, 0.3) is 0 Å². The molecule has 2 rings (SSSR count). The first-order valence-electron chi connectivity index (χ1n) is 10.6. The van der Waals surface area contributed by atoms with Gasteiger partial charge in [-0.15, -0.1) is 0 Å². The maximum absolute atomic E-state index is 13.4. The van der Waals surface area contributed by atoms with Crippen LogP contribution in [0.1, 0.15) is 28.4 Å². The van der Waals surface area contributed by atoms with Gasteiger partial charge in [0.15, 0.2) is 23.9 Å². The molecule has 12 heteroatoms. The highest BCUT2D eigenvalue weighted by atomic mass is 32.2. The molecule has 1 aromatic carbocycles. The minimum atomic E-state index is -1.75. The molecule has 1 aliphatic heterocycles. The Morgan fingerprint density at radius 1 is 1.00 bits per heavy atom. The molecule has 0 aliphatic carbocycles. The molecular weight excluding hydrogens is 472 g/mol. The summed E-state index contributed by atoms with van der Waals surface area (Å²) in [5, 5.41) is 37.4. The smallest absolute Gasteiger partial charge is 0.230 e. The van der Waals surface area contributed by atoms with E-state index >= 15 is 0 Å².